The van der Waals surface area contributed by atoms with E-state index in [4.69, 9.17) is 9.47 Å². The molecule has 1 amide bonds. The van der Waals surface area contributed by atoms with E-state index in [1.807, 2.05) is 4.90 Å². The van der Waals surface area contributed by atoms with Gasteiger partial charge in [0.2, 0.25) is 0 Å². The number of fused-ring (bicyclic) bond motifs is 1. The Labute approximate surface area is 218 Å². The van der Waals surface area contributed by atoms with Gasteiger partial charge in [0.05, 0.1) is 17.2 Å². The van der Waals surface area contributed by atoms with E-state index in [1.54, 1.807) is 0 Å². The van der Waals surface area contributed by atoms with Gasteiger partial charge < -0.3 is 34.6 Å². The number of nitrogens with zero attached hydrogens (tertiary/aromatic N) is 2. The molecule has 1 spiro atoms. The highest BCUT2D eigenvalue weighted by Crippen LogP contribution is 2.43. The van der Waals surface area contributed by atoms with Gasteiger partial charge in [-0.1, -0.05) is 0 Å². The van der Waals surface area contributed by atoms with Crippen molar-refractivity contribution in [3.05, 3.63) is 53.1 Å². The summed E-state index contributed by atoms with van der Waals surface area (Å²) in [7, 11) is 0. The molecule has 0 aliphatic carbocycles. The van der Waals surface area contributed by atoms with E-state index in [1.165, 1.54) is 35.2 Å². The summed E-state index contributed by atoms with van der Waals surface area (Å²) < 4.78 is 51.1. The lowest BCUT2D eigenvalue weighted by molar-refractivity contribution is -0.137. The number of rotatable bonds is 6. The van der Waals surface area contributed by atoms with Crippen LogP contribution in [0.1, 0.15) is 40.7 Å². The minimum Gasteiger partial charge on any atom is -0.508 e. The first-order valence-electron chi connectivity index (χ1n) is 12.7. The van der Waals surface area contributed by atoms with Gasteiger partial charge in [0.15, 0.2) is 0 Å². The van der Waals surface area contributed by atoms with Crippen molar-refractivity contribution in [3.63, 3.8) is 0 Å². The second-order valence-electron chi connectivity index (χ2n) is 10.4. The van der Waals surface area contributed by atoms with Gasteiger partial charge in [-0.2, -0.15) is 13.2 Å². The predicted molar refractivity (Wildman–Crippen MR) is 130 cm³/mol. The lowest BCUT2D eigenvalue weighted by atomic mass is 9.86. The molecule has 0 aromatic heterocycles. The number of halogens is 3. The van der Waals surface area contributed by atoms with Crippen LogP contribution >= 0.6 is 0 Å². The average Bonchev–Trinajstić information content (AvgIpc) is 3.46. The van der Waals surface area contributed by atoms with E-state index in [9.17, 15) is 33.3 Å². The zero-order chi connectivity index (χ0) is 27.1. The fraction of sp³-hybridized carbons (Fsp3) is 0.519. The second-order valence-corrected chi connectivity index (χ2v) is 10.4. The highest BCUT2D eigenvalue weighted by molar-refractivity contribution is 5.97. The molecule has 8 nitrogen and oxygen atoms in total. The number of carbonyl (C=O) groups is 1. The number of carbonyl (C=O) groups excluding carboxylic acids is 1. The largest absolute Gasteiger partial charge is 0.508 e. The molecular formula is C27H31F3N2O6. The van der Waals surface area contributed by atoms with Crippen molar-refractivity contribution >= 4 is 5.91 Å². The number of piperidine rings is 1. The Hall–Kier alpha value is -3.02. The topological polar surface area (TPSA) is 103 Å². The molecule has 2 aromatic rings. The number of hydrogen-bond donors (Lipinski definition) is 3. The van der Waals surface area contributed by atoms with Gasteiger partial charge >= 0.3 is 6.18 Å². The molecule has 2 saturated heterocycles. The smallest absolute Gasteiger partial charge is 0.416 e. The summed E-state index contributed by atoms with van der Waals surface area (Å²) in [5.41, 5.74) is -0.394. The number of amides is 1. The Bertz CT molecular complexity index is 1180. The third kappa shape index (κ3) is 5.69. The maximum Gasteiger partial charge on any atom is 0.416 e. The number of aromatic hydroxyl groups is 1. The average molecular weight is 537 g/mol. The highest BCUT2D eigenvalue weighted by atomic mass is 19.4. The number of phenolic OH excluding ortho intramolecular Hbond substituents is 1. The van der Waals surface area contributed by atoms with Gasteiger partial charge in [0.25, 0.3) is 5.91 Å². The standard InChI is InChI=1S/C27H31F3N2O6/c28-27(29,30)18-1-4-23-17(11-18)13-26(38-23)6-9-31(10-7-26)14-21(35)16-37-24-12-19(33)2-3-22(24)25(36)32-8-5-20(34)15-32/h1-4,11-12,20-21,33-35H,5-10,13-16H2/t20-,21+/m0/s1. The number of likely N-dealkylation sites (tertiary alicyclic amines) is 2. The maximum absolute atomic E-state index is 13.1. The number of ether oxygens (including phenoxy) is 2. The minimum absolute atomic E-state index is 0.0752. The van der Waals surface area contributed by atoms with Crippen LogP contribution in [0.2, 0.25) is 0 Å². The van der Waals surface area contributed by atoms with Crippen molar-refractivity contribution in [2.24, 2.45) is 0 Å². The quantitative estimate of drug-likeness (QED) is 0.522. The molecule has 2 fully saturated rings. The van der Waals surface area contributed by atoms with Crippen molar-refractivity contribution in [1.29, 1.82) is 0 Å². The molecule has 3 N–H and O–H groups in total. The summed E-state index contributed by atoms with van der Waals surface area (Å²) in [5.74, 6) is 0.268. The maximum atomic E-state index is 13.1. The molecule has 206 valence electrons. The summed E-state index contributed by atoms with van der Waals surface area (Å²) in [4.78, 5) is 16.4. The van der Waals surface area contributed by atoms with Crippen LogP contribution < -0.4 is 9.47 Å². The van der Waals surface area contributed by atoms with Crippen LogP contribution in [0.3, 0.4) is 0 Å². The zero-order valence-corrected chi connectivity index (χ0v) is 20.8. The lowest BCUT2D eigenvalue weighted by Gasteiger charge is -2.39. The number of alkyl halides is 3. The highest BCUT2D eigenvalue weighted by Gasteiger charge is 2.43. The molecule has 3 aliphatic heterocycles. The normalized spacial score (nSPS) is 21.8. The third-order valence-corrected chi connectivity index (χ3v) is 7.54. The van der Waals surface area contributed by atoms with Crippen molar-refractivity contribution in [2.45, 2.75) is 49.7 Å². The Balaban J connectivity index is 1.13. The van der Waals surface area contributed by atoms with Crippen molar-refractivity contribution in [1.82, 2.24) is 9.80 Å². The molecule has 0 bridgehead atoms. The number of aliphatic hydroxyl groups excluding tert-OH is 2. The Morgan fingerprint density at radius 2 is 1.92 bits per heavy atom. The first-order chi connectivity index (χ1) is 18.0. The lowest BCUT2D eigenvalue weighted by Crippen LogP contribution is -2.49. The fourth-order valence-electron chi connectivity index (χ4n) is 5.47. The van der Waals surface area contributed by atoms with E-state index < -0.39 is 29.5 Å². The van der Waals surface area contributed by atoms with Crippen LogP contribution in [0.25, 0.3) is 0 Å². The van der Waals surface area contributed by atoms with Crippen LogP contribution in [-0.4, -0.2) is 88.2 Å². The molecular weight excluding hydrogens is 505 g/mol. The zero-order valence-electron chi connectivity index (χ0n) is 20.8. The monoisotopic (exact) mass is 536 g/mol. The predicted octanol–water partition coefficient (Wildman–Crippen LogP) is 2.83. The van der Waals surface area contributed by atoms with Gasteiger partial charge in [-0.15, -0.1) is 0 Å². The fourth-order valence-corrected chi connectivity index (χ4v) is 5.47. The minimum atomic E-state index is -4.39. The van der Waals surface area contributed by atoms with Crippen molar-refractivity contribution < 1.29 is 42.8 Å². The third-order valence-electron chi connectivity index (χ3n) is 7.54. The van der Waals surface area contributed by atoms with E-state index in [0.29, 0.717) is 63.2 Å². The number of aliphatic hydroxyl groups is 2. The van der Waals surface area contributed by atoms with Gasteiger partial charge in [0.1, 0.15) is 35.6 Å². The number of hydrogen-bond acceptors (Lipinski definition) is 7. The summed E-state index contributed by atoms with van der Waals surface area (Å²) in [6, 6.07) is 7.79. The van der Waals surface area contributed by atoms with E-state index in [0.717, 1.165) is 6.07 Å². The van der Waals surface area contributed by atoms with Gasteiger partial charge in [-0.3, -0.25) is 4.79 Å². The van der Waals surface area contributed by atoms with Crippen molar-refractivity contribution in [3.8, 4) is 17.2 Å². The van der Waals surface area contributed by atoms with Gasteiger partial charge in [0, 0.05) is 58.1 Å². The van der Waals surface area contributed by atoms with E-state index in [-0.39, 0.29) is 36.1 Å². The molecule has 0 unspecified atom stereocenters. The Morgan fingerprint density at radius 3 is 2.61 bits per heavy atom. The number of β-amino-alcohol motifs (C(OH)–C–C–N with tert-alkyl or cyclic N) is 2. The van der Waals surface area contributed by atoms with Crippen LogP contribution in [0.15, 0.2) is 36.4 Å². The number of phenols is 1. The molecule has 2 aromatic carbocycles. The molecule has 2 atom stereocenters. The van der Waals surface area contributed by atoms with E-state index >= 15 is 0 Å². The molecule has 0 radical (unpaired) electrons. The van der Waals surface area contributed by atoms with Crippen LogP contribution in [0, 0.1) is 0 Å². The Kier molecular flexibility index (Phi) is 7.19. The first kappa shape index (κ1) is 26.6. The molecule has 11 heteroatoms. The summed E-state index contributed by atoms with van der Waals surface area (Å²) >= 11 is 0. The molecule has 5 rings (SSSR count). The molecule has 0 saturated carbocycles. The molecule has 3 aliphatic rings. The van der Waals surface area contributed by atoms with Crippen LogP contribution in [0.5, 0.6) is 17.2 Å². The SMILES string of the molecule is O=C(c1ccc(O)cc1OC[C@H](O)CN1CCC2(CC1)Cc1cc(C(F)(F)F)ccc1O2)N1CC[C@H](O)C1. The summed E-state index contributed by atoms with van der Waals surface area (Å²) in [5, 5.41) is 30.3. The van der Waals surface area contributed by atoms with E-state index in [2.05, 4.69) is 0 Å². The molecule has 3 heterocycles. The van der Waals surface area contributed by atoms with Crippen LogP contribution in [-0.2, 0) is 12.6 Å². The summed E-state index contributed by atoms with van der Waals surface area (Å²) in [6.07, 6.45) is -3.68. The van der Waals surface area contributed by atoms with Gasteiger partial charge in [-0.05, 0) is 42.3 Å². The first-order valence-corrected chi connectivity index (χ1v) is 12.7. The van der Waals surface area contributed by atoms with Gasteiger partial charge in [-0.25, -0.2) is 0 Å². The summed E-state index contributed by atoms with van der Waals surface area (Å²) in [6.45, 7) is 2.07. The van der Waals surface area contributed by atoms with Crippen LogP contribution in [0.4, 0.5) is 13.2 Å². The number of benzene rings is 2. The second kappa shape index (κ2) is 10.3. The Morgan fingerprint density at radius 1 is 1.16 bits per heavy atom. The van der Waals surface area contributed by atoms with Crippen molar-refractivity contribution in [2.75, 3.05) is 39.3 Å². The molecule has 38 heavy (non-hydrogen) atoms.